The van der Waals surface area contributed by atoms with E-state index >= 15 is 0 Å². The van der Waals surface area contributed by atoms with Crippen molar-refractivity contribution in [1.29, 1.82) is 0 Å². The van der Waals surface area contributed by atoms with Crippen molar-refractivity contribution in [3.05, 3.63) is 65.2 Å². The molecule has 2 aromatic rings. The van der Waals surface area contributed by atoms with E-state index in [1.54, 1.807) is 12.1 Å². The fraction of sp³-hybridized carbons (Fsp3) is 0.278. The largest absolute Gasteiger partial charge is 0.379 e. The minimum Gasteiger partial charge on any atom is -0.379 e. The molecule has 126 valence electrons. The lowest BCUT2D eigenvalue weighted by molar-refractivity contribution is 0.0342. The van der Waals surface area contributed by atoms with Crippen molar-refractivity contribution in [1.82, 2.24) is 4.90 Å². The van der Waals surface area contributed by atoms with Gasteiger partial charge in [-0.2, -0.15) is 0 Å². The van der Waals surface area contributed by atoms with Crippen molar-refractivity contribution in [2.75, 3.05) is 31.6 Å². The highest BCUT2D eigenvalue weighted by Crippen LogP contribution is 2.16. The van der Waals surface area contributed by atoms with Gasteiger partial charge in [-0.15, -0.1) is 0 Å². The van der Waals surface area contributed by atoms with E-state index in [9.17, 15) is 13.6 Å². The number of benzene rings is 2. The summed E-state index contributed by atoms with van der Waals surface area (Å²) < 4.78 is 31.8. The maximum Gasteiger partial charge on any atom is 0.255 e. The molecule has 0 spiro atoms. The van der Waals surface area contributed by atoms with Crippen LogP contribution in [0.2, 0.25) is 0 Å². The van der Waals surface area contributed by atoms with E-state index < -0.39 is 17.5 Å². The normalized spacial score (nSPS) is 15.2. The van der Waals surface area contributed by atoms with Crippen LogP contribution in [0, 0.1) is 11.6 Å². The Kier molecular flexibility index (Phi) is 5.17. The van der Waals surface area contributed by atoms with Crippen LogP contribution in [0.3, 0.4) is 0 Å². The summed E-state index contributed by atoms with van der Waals surface area (Å²) in [7, 11) is 0. The van der Waals surface area contributed by atoms with Crippen molar-refractivity contribution < 1.29 is 18.3 Å². The van der Waals surface area contributed by atoms with E-state index in [4.69, 9.17) is 4.74 Å². The van der Waals surface area contributed by atoms with Crippen LogP contribution in [0.5, 0.6) is 0 Å². The van der Waals surface area contributed by atoms with Crippen LogP contribution in [0.1, 0.15) is 15.9 Å². The summed E-state index contributed by atoms with van der Waals surface area (Å²) >= 11 is 0. The Balaban J connectivity index is 1.62. The fourth-order valence-electron chi connectivity index (χ4n) is 2.56. The van der Waals surface area contributed by atoms with Gasteiger partial charge in [0.15, 0.2) is 0 Å². The molecule has 0 radical (unpaired) electrons. The number of anilines is 1. The Morgan fingerprint density at radius 1 is 1.08 bits per heavy atom. The molecule has 4 nitrogen and oxygen atoms in total. The molecule has 0 aliphatic carbocycles. The molecule has 2 aromatic carbocycles. The first-order valence-corrected chi connectivity index (χ1v) is 7.77. The highest BCUT2D eigenvalue weighted by atomic mass is 19.1. The number of halogens is 2. The number of hydrogen-bond donors (Lipinski definition) is 1. The van der Waals surface area contributed by atoms with Gasteiger partial charge in [0.2, 0.25) is 0 Å². The van der Waals surface area contributed by atoms with Crippen LogP contribution in [-0.4, -0.2) is 37.1 Å². The van der Waals surface area contributed by atoms with E-state index in [0.29, 0.717) is 5.56 Å². The molecule has 0 atom stereocenters. The lowest BCUT2D eigenvalue weighted by atomic mass is 10.1. The number of rotatable bonds is 4. The average Bonchev–Trinajstić information content (AvgIpc) is 2.59. The second kappa shape index (κ2) is 7.51. The van der Waals surface area contributed by atoms with E-state index in [1.165, 1.54) is 6.07 Å². The number of amides is 1. The molecule has 1 aliphatic rings. The molecule has 1 heterocycles. The average molecular weight is 332 g/mol. The zero-order valence-corrected chi connectivity index (χ0v) is 13.1. The standard InChI is InChI=1S/C18H18F2N2O2/c19-15-5-6-17(16(20)11-15)21-18(23)14-3-1-13(2-4-14)12-22-7-9-24-10-8-22/h1-6,11H,7-10,12H2,(H,21,23). The Bertz CT molecular complexity index is 713. The minimum absolute atomic E-state index is 0.0428. The van der Waals surface area contributed by atoms with Gasteiger partial charge in [0, 0.05) is 31.3 Å². The van der Waals surface area contributed by atoms with Crippen molar-refractivity contribution in [2.45, 2.75) is 6.54 Å². The summed E-state index contributed by atoms with van der Waals surface area (Å²) in [6, 6.07) is 10.2. The smallest absolute Gasteiger partial charge is 0.255 e. The van der Waals surface area contributed by atoms with Crippen molar-refractivity contribution in [3.8, 4) is 0 Å². The third-order valence-corrected chi connectivity index (χ3v) is 3.91. The quantitative estimate of drug-likeness (QED) is 0.936. The van der Waals surface area contributed by atoms with Gasteiger partial charge >= 0.3 is 0 Å². The summed E-state index contributed by atoms with van der Waals surface area (Å²) in [5.41, 5.74) is 1.48. The van der Waals surface area contributed by atoms with Crippen molar-refractivity contribution in [3.63, 3.8) is 0 Å². The number of morpholine rings is 1. The second-order valence-electron chi connectivity index (χ2n) is 5.66. The Hall–Kier alpha value is -2.31. The van der Waals surface area contributed by atoms with Crippen LogP contribution in [0.25, 0.3) is 0 Å². The number of carbonyl (C=O) groups is 1. The van der Waals surface area contributed by atoms with Gasteiger partial charge in [0.05, 0.1) is 18.9 Å². The van der Waals surface area contributed by atoms with Crippen LogP contribution in [0.15, 0.2) is 42.5 Å². The molecule has 1 saturated heterocycles. The number of hydrogen-bond acceptors (Lipinski definition) is 3. The van der Waals surface area contributed by atoms with Gasteiger partial charge in [-0.05, 0) is 29.8 Å². The Morgan fingerprint density at radius 3 is 2.46 bits per heavy atom. The molecule has 3 rings (SSSR count). The second-order valence-corrected chi connectivity index (χ2v) is 5.66. The highest BCUT2D eigenvalue weighted by molar-refractivity contribution is 6.04. The maximum atomic E-state index is 13.6. The van der Waals surface area contributed by atoms with Crippen LogP contribution < -0.4 is 5.32 Å². The zero-order valence-electron chi connectivity index (χ0n) is 13.1. The molecule has 1 fully saturated rings. The predicted octanol–water partition coefficient (Wildman–Crippen LogP) is 3.05. The number of nitrogens with one attached hydrogen (secondary N) is 1. The lowest BCUT2D eigenvalue weighted by Crippen LogP contribution is -2.35. The first kappa shape index (κ1) is 16.5. The molecular formula is C18H18F2N2O2. The minimum atomic E-state index is -0.799. The monoisotopic (exact) mass is 332 g/mol. The van der Waals surface area contributed by atoms with Crippen molar-refractivity contribution in [2.24, 2.45) is 0 Å². The van der Waals surface area contributed by atoms with Crippen LogP contribution >= 0.6 is 0 Å². The number of nitrogens with zero attached hydrogens (tertiary/aromatic N) is 1. The molecule has 0 aromatic heterocycles. The van der Waals surface area contributed by atoms with Gasteiger partial charge in [0.25, 0.3) is 5.91 Å². The van der Waals surface area contributed by atoms with Crippen molar-refractivity contribution >= 4 is 11.6 Å². The van der Waals surface area contributed by atoms with E-state index in [1.807, 2.05) is 12.1 Å². The summed E-state index contributed by atoms with van der Waals surface area (Å²) in [5, 5.41) is 2.45. The SMILES string of the molecule is O=C(Nc1ccc(F)cc1F)c1ccc(CN2CCOCC2)cc1. The van der Waals surface area contributed by atoms with Gasteiger partial charge in [-0.25, -0.2) is 8.78 Å². The molecule has 1 N–H and O–H groups in total. The first-order chi connectivity index (χ1) is 11.6. The first-order valence-electron chi connectivity index (χ1n) is 7.77. The maximum absolute atomic E-state index is 13.6. The Morgan fingerprint density at radius 2 is 1.79 bits per heavy atom. The number of carbonyl (C=O) groups excluding carboxylic acids is 1. The summed E-state index contributed by atoms with van der Waals surface area (Å²) in [6.45, 7) is 4.07. The third kappa shape index (κ3) is 4.15. The third-order valence-electron chi connectivity index (χ3n) is 3.91. The zero-order chi connectivity index (χ0) is 16.9. The summed E-state index contributed by atoms with van der Waals surface area (Å²) in [4.78, 5) is 14.4. The summed E-state index contributed by atoms with van der Waals surface area (Å²) in [5.74, 6) is -1.91. The molecule has 0 unspecified atom stereocenters. The van der Waals surface area contributed by atoms with Crippen LogP contribution in [0.4, 0.5) is 14.5 Å². The lowest BCUT2D eigenvalue weighted by Gasteiger charge is -2.26. The molecular weight excluding hydrogens is 314 g/mol. The van der Waals surface area contributed by atoms with Gasteiger partial charge in [-0.1, -0.05) is 12.1 Å². The van der Waals surface area contributed by atoms with E-state index in [-0.39, 0.29) is 5.69 Å². The summed E-state index contributed by atoms with van der Waals surface area (Å²) in [6.07, 6.45) is 0. The topological polar surface area (TPSA) is 41.6 Å². The molecule has 24 heavy (non-hydrogen) atoms. The van der Waals surface area contributed by atoms with E-state index in [2.05, 4.69) is 10.2 Å². The van der Waals surface area contributed by atoms with Gasteiger partial charge in [-0.3, -0.25) is 9.69 Å². The van der Waals surface area contributed by atoms with Crippen LogP contribution in [-0.2, 0) is 11.3 Å². The fourth-order valence-corrected chi connectivity index (χ4v) is 2.56. The molecule has 1 aliphatic heterocycles. The Labute approximate surface area is 139 Å². The highest BCUT2D eigenvalue weighted by Gasteiger charge is 2.12. The number of ether oxygens (including phenoxy) is 1. The van der Waals surface area contributed by atoms with E-state index in [0.717, 1.165) is 50.5 Å². The van der Waals surface area contributed by atoms with Gasteiger partial charge < -0.3 is 10.1 Å². The molecule has 1 amide bonds. The molecule has 0 saturated carbocycles. The predicted molar refractivity (Wildman–Crippen MR) is 86.8 cm³/mol. The molecule has 0 bridgehead atoms. The molecule has 6 heteroatoms. The van der Waals surface area contributed by atoms with Gasteiger partial charge in [0.1, 0.15) is 11.6 Å².